The van der Waals surface area contributed by atoms with Crippen molar-refractivity contribution < 1.29 is 17.6 Å². The van der Waals surface area contributed by atoms with Crippen molar-refractivity contribution in [1.29, 1.82) is 0 Å². The molecule has 1 fully saturated rings. The molecule has 23 heavy (non-hydrogen) atoms. The minimum atomic E-state index is -3.69. The molecule has 1 N–H and O–H groups in total. The maximum atomic E-state index is 12.9. The highest BCUT2D eigenvalue weighted by molar-refractivity contribution is 7.89. The van der Waals surface area contributed by atoms with Gasteiger partial charge in [-0.2, -0.15) is 4.31 Å². The molecule has 7 heteroatoms. The summed E-state index contributed by atoms with van der Waals surface area (Å²) in [6.07, 6.45) is 0. The number of rotatable bonds is 4. The number of nitrogens with one attached hydrogen (secondary N) is 1. The summed E-state index contributed by atoms with van der Waals surface area (Å²) in [4.78, 5) is 0. The van der Waals surface area contributed by atoms with Gasteiger partial charge in [0.25, 0.3) is 10.0 Å². The number of sulfonamides is 1. The molecule has 1 aliphatic rings. The number of piperazine rings is 1. The molecule has 0 bridgehead atoms. The number of aryl methyl sites for hydroxylation is 1. The van der Waals surface area contributed by atoms with Crippen LogP contribution in [0.2, 0.25) is 0 Å². The Morgan fingerprint density at radius 1 is 1.26 bits per heavy atom. The van der Waals surface area contributed by atoms with Gasteiger partial charge in [0.1, 0.15) is 11.5 Å². The van der Waals surface area contributed by atoms with Gasteiger partial charge in [-0.05, 0) is 25.1 Å². The highest BCUT2D eigenvalue weighted by atomic mass is 32.2. The summed E-state index contributed by atoms with van der Waals surface area (Å²) < 4.78 is 38.1. The van der Waals surface area contributed by atoms with E-state index < -0.39 is 10.0 Å². The van der Waals surface area contributed by atoms with Crippen molar-refractivity contribution in [3.63, 3.8) is 0 Å². The molecule has 1 saturated heterocycles. The van der Waals surface area contributed by atoms with Crippen LogP contribution in [0.4, 0.5) is 0 Å². The van der Waals surface area contributed by atoms with Crippen molar-refractivity contribution in [2.75, 3.05) is 26.7 Å². The molecular formula is C16H20N2O4S. The van der Waals surface area contributed by atoms with Crippen molar-refractivity contribution in [3.05, 3.63) is 47.7 Å². The number of nitrogens with zero attached hydrogens (tertiary/aromatic N) is 1. The van der Waals surface area contributed by atoms with Crippen molar-refractivity contribution in [2.45, 2.75) is 18.1 Å². The summed E-state index contributed by atoms with van der Waals surface area (Å²) in [5.74, 6) is 1.25. The van der Waals surface area contributed by atoms with E-state index in [0.717, 1.165) is 5.56 Å². The van der Waals surface area contributed by atoms with Gasteiger partial charge in [-0.25, -0.2) is 8.42 Å². The zero-order valence-corrected chi connectivity index (χ0v) is 14.0. The van der Waals surface area contributed by atoms with Gasteiger partial charge in [0.05, 0.1) is 13.2 Å². The largest absolute Gasteiger partial charge is 0.496 e. The molecule has 0 amide bonds. The molecule has 2 aromatic rings. The number of methoxy groups -OCH3 is 1. The van der Waals surface area contributed by atoms with Crippen LogP contribution in [0.15, 0.2) is 45.9 Å². The SMILES string of the molecule is COc1ccccc1C1CNCCN1S(=O)(=O)c1ccc(C)o1. The molecule has 0 spiro atoms. The molecule has 0 aliphatic carbocycles. The summed E-state index contributed by atoms with van der Waals surface area (Å²) in [5, 5.41) is 3.23. The molecule has 0 radical (unpaired) electrons. The normalized spacial score (nSPS) is 19.7. The third kappa shape index (κ3) is 2.99. The highest BCUT2D eigenvalue weighted by Crippen LogP contribution is 2.34. The predicted octanol–water partition coefficient (Wildman–Crippen LogP) is 1.93. The fourth-order valence-corrected chi connectivity index (χ4v) is 4.41. The van der Waals surface area contributed by atoms with E-state index in [1.165, 1.54) is 10.4 Å². The van der Waals surface area contributed by atoms with Gasteiger partial charge in [0.2, 0.25) is 5.09 Å². The highest BCUT2D eigenvalue weighted by Gasteiger charge is 2.37. The Morgan fingerprint density at radius 2 is 2.04 bits per heavy atom. The third-order valence-electron chi connectivity index (χ3n) is 3.97. The average Bonchev–Trinajstić information content (AvgIpc) is 3.02. The smallest absolute Gasteiger partial charge is 0.277 e. The number of benzene rings is 1. The minimum absolute atomic E-state index is 0.0169. The van der Waals surface area contributed by atoms with Gasteiger partial charge in [0, 0.05) is 25.2 Å². The Balaban J connectivity index is 2.02. The topological polar surface area (TPSA) is 71.8 Å². The predicted molar refractivity (Wildman–Crippen MR) is 85.9 cm³/mol. The molecule has 2 heterocycles. The third-order valence-corrected chi connectivity index (χ3v) is 5.75. The lowest BCUT2D eigenvalue weighted by molar-refractivity contribution is 0.257. The van der Waals surface area contributed by atoms with E-state index in [2.05, 4.69) is 5.32 Å². The Morgan fingerprint density at radius 3 is 2.74 bits per heavy atom. The van der Waals surface area contributed by atoms with Gasteiger partial charge >= 0.3 is 0 Å². The average molecular weight is 336 g/mol. The number of hydrogen-bond acceptors (Lipinski definition) is 5. The quantitative estimate of drug-likeness (QED) is 0.924. The molecule has 1 aliphatic heterocycles. The van der Waals surface area contributed by atoms with Gasteiger partial charge in [-0.3, -0.25) is 0 Å². The molecule has 1 aromatic heterocycles. The zero-order valence-electron chi connectivity index (χ0n) is 13.2. The summed E-state index contributed by atoms with van der Waals surface area (Å²) >= 11 is 0. The first-order valence-electron chi connectivity index (χ1n) is 7.46. The van der Waals surface area contributed by atoms with Crippen molar-refractivity contribution in [2.24, 2.45) is 0 Å². The number of ether oxygens (including phenoxy) is 1. The first-order chi connectivity index (χ1) is 11.0. The van der Waals surface area contributed by atoms with E-state index in [9.17, 15) is 8.42 Å². The Labute approximate surface area is 136 Å². The molecule has 3 rings (SSSR count). The van der Waals surface area contributed by atoms with Gasteiger partial charge < -0.3 is 14.5 Å². The minimum Gasteiger partial charge on any atom is -0.496 e. The lowest BCUT2D eigenvalue weighted by Gasteiger charge is -2.35. The summed E-state index contributed by atoms with van der Waals surface area (Å²) in [5.41, 5.74) is 0.842. The van der Waals surface area contributed by atoms with Crippen LogP contribution in [-0.4, -0.2) is 39.5 Å². The molecule has 0 saturated carbocycles. The molecule has 1 aromatic carbocycles. The van der Waals surface area contributed by atoms with Crippen LogP contribution in [0.3, 0.4) is 0 Å². The summed E-state index contributed by atoms with van der Waals surface area (Å²) in [6, 6.07) is 10.3. The Kier molecular flexibility index (Phi) is 4.43. The first-order valence-corrected chi connectivity index (χ1v) is 8.90. The molecule has 1 unspecified atom stereocenters. The second kappa shape index (κ2) is 6.35. The van der Waals surface area contributed by atoms with Crippen molar-refractivity contribution in [3.8, 4) is 5.75 Å². The summed E-state index contributed by atoms with van der Waals surface area (Å²) in [6.45, 7) is 3.24. The van der Waals surface area contributed by atoms with Crippen LogP contribution in [0.25, 0.3) is 0 Å². The van der Waals surface area contributed by atoms with E-state index in [1.54, 1.807) is 20.1 Å². The molecular weight excluding hydrogens is 316 g/mol. The van der Waals surface area contributed by atoms with Crippen LogP contribution in [0.1, 0.15) is 17.4 Å². The fourth-order valence-electron chi connectivity index (χ4n) is 2.85. The number of hydrogen-bond donors (Lipinski definition) is 1. The Bertz CT molecular complexity index is 785. The van der Waals surface area contributed by atoms with Crippen LogP contribution in [0, 0.1) is 6.92 Å². The van der Waals surface area contributed by atoms with E-state index in [-0.39, 0.29) is 11.1 Å². The first kappa shape index (κ1) is 16.0. The lowest BCUT2D eigenvalue weighted by atomic mass is 10.0. The number of furan rings is 1. The second-order valence-electron chi connectivity index (χ2n) is 5.44. The number of para-hydroxylation sites is 1. The summed E-state index contributed by atoms with van der Waals surface area (Å²) in [7, 11) is -2.11. The standard InChI is InChI=1S/C16H20N2O4S/c1-12-7-8-16(22-12)23(19,20)18-10-9-17-11-14(18)13-5-3-4-6-15(13)21-2/h3-8,14,17H,9-11H2,1-2H3. The van der Waals surface area contributed by atoms with Gasteiger partial charge in [-0.1, -0.05) is 18.2 Å². The fraction of sp³-hybridized carbons (Fsp3) is 0.375. The van der Waals surface area contributed by atoms with Gasteiger partial charge in [-0.15, -0.1) is 0 Å². The van der Waals surface area contributed by atoms with Crippen LogP contribution >= 0.6 is 0 Å². The maximum absolute atomic E-state index is 12.9. The van der Waals surface area contributed by atoms with Gasteiger partial charge in [0.15, 0.2) is 0 Å². The Hall–Kier alpha value is -1.83. The van der Waals surface area contributed by atoms with Crippen LogP contribution < -0.4 is 10.1 Å². The van der Waals surface area contributed by atoms with Crippen LogP contribution in [-0.2, 0) is 10.0 Å². The maximum Gasteiger partial charge on any atom is 0.277 e. The molecule has 6 nitrogen and oxygen atoms in total. The van der Waals surface area contributed by atoms with E-state index >= 15 is 0 Å². The van der Waals surface area contributed by atoms with Crippen LogP contribution in [0.5, 0.6) is 5.75 Å². The van der Waals surface area contributed by atoms with E-state index in [0.29, 0.717) is 31.1 Å². The van der Waals surface area contributed by atoms with E-state index in [4.69, 9.17) is 9.15 Å². The van der Waals surface area contributed by atoms with Crippen molar-refractivity contribution in [1.82, 2.24) is 9.62 Å². The molecule has 1 atom stereocenters. The lowest BCUT2D eigenvalue weighted by Crippen LogP contribution is -2.48. The second-order valence-corrected chi connectivity index (χ2v) is 7.26. The van der Waals surface area contributed by atoms with Crippen molar-refractivity contribution >= 4 is 10.0 Å². The zero-order chi connectivity index (χ0) is 16.4. The van der Waals surface area contributed by atoms with E-state index in [1.807, 2.05) is 24.3 Å². The monoisotopic (exact) mass is 336 g/mol. The molecule has 124 valence electrons.